The standard InChI is InChI=1S/C68H124N4O23/c1-24-46-67(17,81)55(76)37(7)49(69-83)33(3)30-65(15,86-22)58(39(9)51(73)40(10)60(79)91-46)94-62-52(74)44(28-35(5)88-62)71(19)26-27-72(20)45-29-36(6)89-63(53(45)75)95-59-41(11)54(93-48-32-64(14,85-21)57(78)43(13)90-48)42(12)61(80)92-47(25-2)68(18,82)56(77)38(8)50(70-84)34(4)31-66(59,16)87-23/h33-48,51-59,62-63,73-78,81-84H,24-32H2,1-23H3/b69-49-,70-50-/t33-,34-,35-,36-,37+,38+,39+,40-,41+,42-,43+,44+,45+,46-,47-,48+,51+,52-,53-,54+,55-,56-,57+,58-,59-,62+,63+,64-,65-,66-,67-,68-/m1/s1. The smallest absolute Gasteiger partial charge is 0.311 e. The number of cyclic esters (lactones) is 2. The van der Waals surface area contributed by atoms with Crippen LogP contribution in [0.1, 0.15) is 170 Å². The van der Waals surface area contributed by atoms with E-state index >= 15 is 0 Å². The Bertz CT molecular complexity index is 2500. The maximum absolute atomic E-state index is 14.7. The number of likely N-dealkylation sites (N-methyl/N-ethyl adjacent to an activating group) is 2. The number of aliphatic hydroxyl groups is 8. The second-order valence-corrected chi connectivity index (χ2v) is 30.0. The molecule has 5 aliphatic heterocycles. The number of oxime groups is 2. The minimum atomic E-state index is -2.03. The third kappa shape index (κ3) is 18.1. The van der Waals surface area contributed by atoms with Gasteiger partial charge in [0.05, 0.1) is 95.0 Å². The first kappa shape index (κ1) is 82.8. The van der Waals surface area contributed by atoms with Crippen molar-refractivity contribution in [3.05, 3.63) is 0 Å². The predicted octanol–water partition coefficient (Wildman–Crippen LogP) is 4.23. The lowest BCUT2D eigenvalue weighted by Crippen LogP contribution is -2.62. The third-order valence-corrected chi connectivity index (χ3v) is 22.7. The van der Waals surface area contributed by atoms with E-state index in [4.69, 9.17) is 52.1 Å². The van der Waals surface area contributed by atoms with E-state index in [1.807, 2.05) is 44.7 Å². The van der Waals surface area contributed by atoms with Crippen LogP contribution in [0.4, 0.5) is 0 Å². The van der Waals surface area contributed by atoms with Gasteiger partial charge >= 0.3 is 11.9 Å². The van der Waals surface area contributed by atoms with Crippen molar-refractivity contribution in [2.45, 2.75) is 314 Å². The van der Waals surface area contributed by atoms with Gasteiger partial charge in [0.25, 0.3) is 0 Å². The number of carbonyl (C=O) groups is 2. The maximum Gasteiger partial charge on any atom is 0.311 e. The van der Waals surface area contributed by atoms with Crippen LogP contribution in [-0.4, -0.2) is 277 Å². The Hall–Kier alpha value is -2.88. The highest BCUT2D eigenvalue weighted by atomic mass is 16.7. The van der Waals surface area contributed by atoms with E-state index in [2.05, 4.69) is 10.3 Å². The molecule has 5 rings (SSSR count). The highest BCUT2D eigenvalue weighted by molar-refractivity contribution is 5.89. The number of hydrogen-bond donors (Lipinski definition) is 10. The van der Waals surface area contributed by atoms with E-state index in [0.717, 1.165) is 0 Å². The van der Waals surface area contributed by atoms with Crippen molar-refractivity contribution >= 4 is 23.4 Å². The lowest BCUT2D eigenvalue weighted by molar-refractivity contribution is -0.319. The molecule has 95 heavy (non-hydrogen) atoms. The Morgan fingerprint density at radius 2 is 0.884 bits per heavy atom. The molecule has 554 valence electrons. The normalized spacial score (nSPS) is 48.7. The average Bonchev–Trinajstić information content (AvgIpc) is 0.786. The van der Waals surface area contributed by atoms with Crippen molar-refractivity contribution in [3.8, 4) is 0 Å². The fourth-order valence-corrected chi connectivity index (χ4v) is 16.1. The molecule has 5 aliphatic rings. The van der Waals surface area contributed by atoms with E-state index in [1.165, 1.54) is 42.1 Å². The van der Waals surface area contributed by atoms with Crippen LogP contribution in [0, 0.1) is 47.3 Å². The van der Waals surface area contributed by atoms with Crippen LogP contribution in [0.5, 0.6) is 0 Å². The van der Waals surface area contributed by atoms with Crippen molar-refractivity contribution in [2.24, 2.45) is 57.7 Å². The fraction of sp³-hybridized carbons (Fsp3) is 0.941. The molecule has 5 heterocycles. The van der Waals surface area contributed by atoms with Gasteiger partial charge in [0.2, 0.25) is 0 Å². The summed E-state index contributed by atoms with van der Waals surface area (Å²) in [5, 5.41) is 124. The lowest BCUT2D eigenvalue weighted by atomic mass is 9.73. The van der Waals surface area contributed by atoms with Crippen molar-refractivity contribution in [1.82, 2.24) is 9.80 Å². The summed E-state index contributed by atoms with van der Waals surface area (Å²) in [7, 11) is 8.18. The van der Waals surface area contributed by atoms with E-state index in [0.29, 0.717) is 25.9 Å². The molecule has 0 aromatic heterocycles. The van der Waals surface area contributed by atoms with Gasteiger partial charge in [-0.2, -0.15) is 0 Å². The molecule has 0 aromatic rings. The first-order chi connectivity index (χ1) is 44.1. The molecule has 5 fully saturated rings. The van der Waals surface area contributed by atoms with Gasteiger partial charge in [-0.1, -0.05) is 65.7 Å². The van der Waals surface area contributed by atoms with Gasteiger partial charge in [0.15, 0.2) is 18.9 Å². The number of carbonyl (C=O) groups excluding carboxylic acids is 2. The molecule has 0 aliphatic carbocycles. The van der Waals surface area contributed by atoms with Crippen molar-refractivity contribution in [3.63, 3.8) is 0 Å². The topological polar surface area (TPSA) is 369 Å². The molecule has 5 saturated heterocycles. The number of nitrogens with zero attached hydrogens (tertiary/aromatic N) is 4. The molecule has 0 spiro atoms. The highest BCUT2D eigenvalue weighted by Gasteiger charge is 2.56. The summed E-state index contributed by atoms with van der Waals surface area (Å²) < 4.78 is 70.8. The van der Waals surface area contributed by atoms with Crippen LogP contribution in [-0.2, 0) is 61.7 Å². The van der Waals surface area contributed by atoms with E-state index < -0.39 is 204 Å². The van der Waals surface area contributed by atoms with Crippen LogP contribution >= 0.6 is 0 Å². The minimum Gasteiger partial charge on any atom is -0.459 e. The Labute approximate surface area is 564 Å². The molecule has 0 unspecified atom stereocenters. The fourth-order valence-electron chi connectivity index (χ4n) is 16.1. The van der Waals surface area contributed by atoms with Crippen LogP contribution in [0.25, 0.3) is 0 Å². The number of esters is 2. The number of hydrogen-bond acceptors (Lipinski definition) is 27. The van der Waals surface area contributed by atoms with Gasteiger partial charge in [0, 0.05) is 88.4 Å². The highest BCUT2D eigenvalue weighted by Crippen LogP contribution is 2.44. The molecule has 0 saturated carbocycles. The van der Waals surface area contributed by atoms with Crippen molar-refractivity contribution < 1.29 is 113 Å². The number of methoxy groups -OCH3 is 3. The maximum atomic E-state index is 14.7. The predicted molar refractivity (Wildman–Crippen MR) is 349 cm³/mol. The van der Waals surface area contributed by atoms with Gasteiger partial charge in [-0.15, -0.1) is 0 Å². The Morgan fingerprint density at radius 1 is 0.505 bits per heavy atom. The quantitative estimate of drug-likeness (QED) is 0.0587. The van der Waals surface area contributed by atoms with Gasteiger partial charge in [-0.05, 0) is 122 Å². The monoisotopic (exact) mass is 1360 g/mol. The number of aliphatic hydroxyl groups excluding tert-OH is 6. The summed E-state index contributed by atoms with van der Waals surface area (Å²) in [6.45, 7) is 31.0. The molecule has 0 radical (unpaired) electrons. The van der Waals surface area contributed by atoms with Gasteiger partial charge < -0.3 is 103 Å². The summed E-state index contributed by atoms with van der Waals surface area (Å²) >= 11 is 0. The second kappa shape index (κ2) is 33.7. The van der Waals surface area contributed by atoms with Crippen LogP contribution in [0.2, 0.25) is 0 Å². The molecular weight excluding hydrogens is 1240 g/mol. The zero-order chi connectivity index (χ0) is 72.1. The van der Waals surface area contributed by atoms with Crippen LogP contribution in [0.3, 0.4) is 0 Å². The summed E-state index contributed by atoms with van der Waals surface area (Å²) in [5.74, 6) is -8.87. The summed E-state index contributed by atoms with van der Waals surface area (Å²) in [4.78, 5) is 32.6. The third-order valence-electron chi connectivity index (χ3n) is 22.7. The summed E-state index contributed by atoms with van der Waals surface area (Å²) in [6.07, 6.45) is -18.3. The molecular formula is C68H124N4O23. The number of rotatable bonds is 16. The average molecular weight is 1370 g/mol. The molecule has 27 heteroatoms. The van der Waals surface area contributed by atoms with Gasteiger partial charge in [-0.25, -0.2) is 0 Å². The summed E-state index contributed by atoms with van der Waals surface area (Å²) in [6, 6.07) is -1.15. The van der Waals surface area contributed by atoms with E-state index in [9.17, 15) is 60.9 Å². The summed E-state index contributed by atoms with van der Waals surface area (Å²) in [5.41, 5.74) is -7.62. The largest absolute Gasteiger partial charge is 0.459 e. The zero-order valence-electron chi connectivity index (χ0n) is 61.0. The van der Waals surface area contributed by atoms with Crippen LogP contribution in [0.15, 0.2) is 10.3 Å². The first-order valence-electron chi connectivity index (χ1n) is 34.4. The first-order valence-corrected chi connectivity index (χ1v) is 34.4. The van der Waals surface area contributed by atoms with E-state index in [-0.39, 0.29) is 43.5 Å². The molecule has 0 bridgehead atoms. The minimum absolute atomic E-state index is 0.0463. The lowest BCUT2D eigenvalue weighted by Gasteiger charge is -2.50. The number of ether oxygens (including phenoxy) is 11. The zero-order valence-corrected chi connectivity index (χ0v) is 61.0. The van der Waals surface area contributed by atoms with Crippen molar-refractivity contribution in [2.75, 3.05) is 48.5 Å². The van der Waals surface area contributed by atoms with Crippen LogP contribution < -0.4 is 0 Å². The van der Waals surface area contributed by atoms with E-state index in [1.54, 1.807) is 83.1 Å². The molecule has 10 N–H and O–H groups in total. The van der Waals surface area contributed by atoms with Gasteiger partial charge in [-0.3, -0.25) is 19.4 Å². The molecule has 0 aromatic carbocycles. The Morgan fingerprint density at radius 3 is 1.25 bits per heavy atom. The molecule has 0 amide bonds. The van der Waals surface area contributed by atoms with Gasteiger partial charge in [0.1, 0.15) is 41.7 Å². The SMILES string of the molecule is CC[C@H]1OC(=O)[C@H](C)[C@@H](O)[C@H](C)[C@@H](O[C@@H]2O[C@H](C)C[C@H](N(C)CCN(C)[C@H]3C[C@@H](C)O[C@@H](O[C@@H]4[C@@H](C)[C@H](O[C@H]5C[C@@](C)(OC)[C@@H](O)[C@H](C)O5)[C@@H](C)C(=O)O[C@H](CC)[C@@](C)(O)[C@H](O)[C@@H](C)/C(=N\O)[C@H](C)C[C@@]4(C)OC)[C@@H]3O)[C@H]2O)[C@](C)(OC)C[C@@H](C)/C(=N/O)[C@H](C)[C@@H](O)[C@]1(C)O. The molecule has 27 nitrogen and oxygen atoms in total. The Balaban J connectivity index is 1.47. The Kier molecular flexibility index (Phi) is 29.4. The second-order valence-electron chi connectivity index (χ2n) is 30.0. The molecule has 32 atom stereocenters. The van der Waals surface area contributed by atoms with Crippen molar-refractivity contribution in [1.29, 1.82) is 0 Å².